The molecule has 32 heavy (non-hydrogen) atoms. The average molecular weight is 445 g/mol. The molecule has 0 saturated carbocycles. The number of phenolic OH excluding ortho intramolecular Hbond substituents is 1. The molecule has 4 aromatic rings. The molecule has 0 radical (unpaired) electrons. The van der Waals surface area contributed by atoms with Crippen molar-refractivity contribution in [2.24, 2.45) is 0 Å². The maximum Gasteiger partial charge on any atom is 0.206 e. The van der Waals surface area contributed by atoms with Crippen LogP contribution in [0.1, 0.15) is 25.3 Å². The number of ether oxygens (including phenoxy) is 1. The van der Waals surface area contributed by atoms with Gasteiger partial charge in [-0.1, -0.05) is 50.2 Å². The molecule has 0 heterocycles. The summed E-state index contributed by atoms with van der Waals surface area (Å²) in [6.07, 6.45) is 0. The molecule has 1 N–H and O–H groups in total. The largest absolute Gasteiger partial charge is 0.508 e. The highest BCUT2D eigenvalue weighted by atomic mass is 32.2. The van der Waals surface area contributed by atoms with E-state index in [1.54, 1.807) is 48.5 Å². The fourth-order valence-corrected chi connectivity index (χ4v) is 4.62. The highest BCUT2D eigenvalue weighted by Crippen LogP contribution is 2.29. The van der Waals surface area contributed by atoms with Gasteiger partial charge in [0.25, 0.3) is 0 Å². The second-order valence-corrected chi connectivity index (χ2v) is 9.82. The maximum atomic E-state index is 12.9. The van der Waals surface area contributed by atoms with Crippen molar-refractivity contribution in [2.75, 3.05) is 0 Å². The number of hydrogen-bond donors (Lipinski definition) is 1. The number of aromatic hydroxyl groups is 1. The monoisotopic (exact) mass is 444 g/mol. The van der Waals surface area contributed by atoms with E-state index in [0.717, 1.165) is 16.7 Å². The molecule has 4 nitrogen and oxygen atoms in total. The van der Waals surface area contributed by atoms with Gasteiger partial charge in [0, 0.05) is 0 Å². The molecule has 4 aromatic carbocycles. The molecule has 0 unspecified atom stereocenters. The number of benzene rings is 4. The molecule has 0 saturated heterocycles. The second kappa shape index (κ2) is 8.89. The molecular formula is C27H24O4S. The second-order valence-electron chi connectivity index (χ2n) is 7.87. The SMILES string of the molecule is CC(C)c1ccc(S(=O)(=O)c2ccc(Oc3ccc(-c4ccc(O)cc4)cc3)cc2)cc1. The van der Waals surface area contributed by atoms with Crippen molar-refractivity contribution < 1.29 is 18.3 Å². The lowest BCUT2D eigenvalue weighted by atomic mass is 10.0. The maximum absolute atomic E-state index is 12.9. The topological polar surface area (TPSA) is 63.6 Å². The fourth-order valence-electron chi connectivity index (χ4n) is 3.36. The Balaban J connectivity index is 1.48. The van der Waals surface area contributed by atoms with E-state index in [-0.39, 0.29) is 15.5 Å². The Morgan fingerprint density at radius 3 is 1.50 bits per heavy atom. The lowest BCUT2D eigenvalue weighted by molar-refractivity contribution is 0.475. The zero-order chi connectivity index (χ0) is 22.7. The average Bonchev–Trinajstić information content (AvgIpc) is 2.80. The van der Waals surface area contributed by atoms with E-state index in [1.165, 1.54) is 0 Å². The van der Waals surface area contributed by atoms with Crippen LogP contribution in [0.15, 0.2) is 107 Å². The Hall–Kier alpha value is -3.57. The molecule has 0 bridgehead atoms. The van der Waals surface area contributed by atoms with Crippen LogP contribution >= 0.6 is 0 Å². The van der Waals surface area contributed by atoms with Crippen LogP contribution in [0.3, 0.4) is 0 Å². The van der Waals surface area contributed by atoms with E-state index >= 15 is 0 Å². The molecular weight excluding hydrogens is 420 g/mol. The number of hydrogen-bond acceptors (Lipinski definition) is 4. The normalized spacial score (nSPS) is 11.5. The Bertz CT molecular complexity index is 1290. The van der Waals surface area contributed by atoms with Gasteiger partial charge in [0.2, 0.25) is 9.84 Å². The summed E-state index contributed by atoms with van der Waals surface area (Å²) in [5.74, 6) is 1.77. The minimum absolute atomic E-state index is 0.227. The summed E-state index contributed by atoms with van der Waals surface area (Å²) in [5, 5.41) is 9.42. The summed E-state index contributed by atoms with van der Waals surface area (Å²) in [6, 6.07) is 28.0. The van der Waals surface area contributed by atoms with Crippen molar-refractivity contribution in [1.82, 2.24) is 0 Å². The molecule has 4 rings (SSSR count). The van der Waals surface area contributed by atoms with Crippen molar-refractivity contribution in [3.05, 3.63) is 103 Å². The van der Waals surface area contributed by atoms with Crippen molar-refractivity contribution in [1.29, 1.82) is 0 Å². The van der Waals surface area contributed by atoms with Gasteiger partial charge in [-0.3, -0.25) is 0 Å². The van der Waals surface area contributed by atoms with Gasteiger partial charge in [0.15, 0.2) is 0 Å². The van der Waals surface area contributed by atoms with Gasteiger partial charge in [0.05, 0.1) is 9.79 Å². The predicted molar refractivity (Wildman–Crippen MR) is 126 cm³/mol. The zero-order valence-corrected chi connectivity index (χ0v) is 18.7. The summed E-state index contributed by atoms with van der Waals surface area (Å²) in [6.45, 7) is 4.15. The van der Waals surface area contributed by atoms with Gasteiger partial charge in [-0.05, 0) is 83.3 Å². The van der Waals surface area contributed by atoms with Crippen molar-refractivity contribution in [3.63, 3.8) is 0 Å². The zero-order valence-electron chi connectivity index (χ0n) is 17.9. The summed E-state index contributed by atoms with van der Waals surface area (Å²) in [7, 11) is -3.58. The van der Waals surface area contributed by atoms with Crippen LogP contribution in [0.25, 0.3) is 11.1 Å². The van der Waals surface area contributed by atoms with E-state index in [9.17, 15) is 13.5 Å². The lowest BCUT2D eigenvalue weighted by Crippen LogP contribution is -2.02. The highest BCUT2D eigenvalue weighted by molar-refractivity contribution is 7.91. The Morgan fingerprint density at radius 1 is 0.625 bits per heavy atom. The minimum atomic E-state index is -3.58. The number of sulfone groups is 1. The third kappa shape index (κ3) is 4.68. The van der Waals surface area contributed by atoms with E-state index in [1.807, 2.05) is 48.5 Å². The van der Waals surface area contributed by atoms with Crippen LogP contribution in [0.4, 0.5) is 0 Å². The smallest absolute Gasteiger partial charge is 0.206 e. The van der Waals surface area contributed by atoms with Crippen LogP contribution in [0.2, 0.25) is 0 Å². The van der Waals surface area contributed by atoms with Crippen LogP contribution in [-0.2, 0) is 9.84 Å². The molecule has 5 heteroatoms. The summed E-state index contributed by atoms with van der Waals surface area (Å²) in [5.41, 5.74) is 3.09. The van der Waals surface area contributed by atoms with Gasteiger partial charge >= 0.3 is 0 Å². The first-order valence-corrected chi connectivity index (χ1v) is 11.8. The van der Waals surface area contributed by atoms with E-state index < -0.39 is 9.84 Å². The Kier molecular flexibility index (Phi) is 6.01. The number of rotatable bonds is 6. The predicted octanol–water partition coefficient (Wildman–Crippen LogP) is 6.81. The highest BCUT2D eigenvalue weighted by Gasteiger charge is 2.18. The van der Waals surface area contributed by atoms with E-state index in [2.05, 4.69) is 13.8 Å². The standard InChI is InChI=1S/C27H24O4S/c1-19(2)20-7-15-26(16-8-20)32(29,30)27-17-13-25(14-18-27)31-24-11-5-22(6-12-24)21-3-9-23(28)10-4-21/h3-19,28H,1-2H3. The van der Waals surface area contributed by atoms with Crippen molar-refractivity contribution in [2.45, 2.75) is 29.6 Å². The molecule has 0 aromatic heterocycles. The van der Waals surface area contributed by atoms with Crippen LogP contribution in [-0.4, -0.2) is 13.5 Å². The summed E-state index contributed by atoms with van der Waals surface area (Å²) < 4.78 is 31.7. The summed E-state index contributed by atoms with van der Waals surface area (Å²) in [4.78, 5) is 0.505. The van der Waals surface area contributed by atoms with Crippen molar-refractivity contribution >= 4 is 9.84 Å². The minimum Gasteiger partial charge on any atom is -0.508 e. The van der Waals surface area contributed by atoms with Gasteiger partial charge in [0.1, 0.15) is 17.2 Å². The van der Waals surface area contributed by atoms with Crippen LogP contribution in [0.5, 0.6) is 17.2 Å². The van der Waals surface area contributed by atoms with Gasteiger partial charge in [-0.2, -0.15) is 0 Å². The molecule has 0 aliphatic rings. The van der Waals surface area contributed by atoms with Gasteiger partial charge in [-0.15, -0.1) is 0 Å². The van der Waals surface area contributed by atoms with Crippen molar-refractivity contribution in [3.8, 4) is 28.4 Å². The summed E-state index contributed by atoms with van der Waals surface area (Å²) >= 11 is 0. The van der Waals surface area contributed by atoms with Crippen LogP contribution in [0, 0.1) is 0 Å². The Morgan fingerprint density at radius 2 is 1.03 bits per heavy atom. The molecule has 0 aliphatic heterocycles. The third-order valence-electron chi connectivity index (χ3n) is 5.28. The lowest BCUT2D eigenvalue weighted by Gasteiger charge is -2.10. The first-order chi connectivity index (χ1) is 15.3. The van der Waals surface area contributed by atoms with Gasteiger partial charge in [-0.25, -0.2) is 8.42 Å². The molecule has 0 fully saturated rings. The Labute approximate surface area is 188 Å². The van der Waals surface area contributed by atoms with E-state index in [4.69, 9.17) is 4.74 Å². The molecule has 0 atom stereocenters. The molecule has 0 spiro atoms. The van der Waals surface area contributed by atoms with E-state index in [0.29, 0.717) is 17.4 Å². The first kappa shape index (κ1) is 21.7. The quantitative estimate of drug-likeness (QED) is 0.355. The third-order valence-corrected chi connectivity index (χ3v) is 7.07. The van der Waals surface area contributed by atoms with Gasteiger partial charge < -0.3 is 9.84 Å². The fraction of sp³-hybridized carbons (Fsp3) is 0.111. The molecule has 0 amide bonds. The molecule has 162 valence electrons. The first-order valence-electron chi connectivity index (χ1n) is 10.4. The van der Waals surface area contributed by atoms with Crippen LogP contribution < -0.4 is 4.74 Å². The molecule has 0 aliphatic carbocycles. The number of phenols is 1.